The van der Waals surface area contributed by atoms with E-state index in [1.54, 1.807) is 7.11 Å². The van der Waals surface area contributed by atoms with Crippen molar-refractivity contribution in [3.05, 3.63) is 64.2 Å². The van der Waals surface area contributed by atoms with Crippen LogP contribution in [0.25, 0.3) is 0 Å². The monoisotopic (exact) mass is 280 g/mol. The van der Waals surface area contributed by atoms with Crippen LogP contribution in [-0.2, 0) is 0 Å². The Morgan fingerprint density at radius 3 is 2.17 bits per heavy atom. The molecule has 1 unspecified atom stereocenters. The number of alkyl halides is 1. The lowest BCUT2D eigenvalue weighted by Gasteiger charge is -2.12. The maximum absolute atomic E-state index is 6.47. The highest BCUT2D eigenvalue weighted by atomic mass is 35.5. The van der Waals surface area contributed by atoms with Crippen molar-refractivity contribution in [2.45, 2.75) is 12.3 Å². The van der Waals surface area contributed by atoms with E-state index in [2.05, 4.69) is 0 Å². The fraction of sp³-hybridized carbons (Fsp3) is 0.200. The van der Waals surface area contributed by atoms with Gasteiger partial charge in [0.05, 0.1) is 12.5 Å². The number of methoxy groups -OCH3 is 1. The molecule has 0 aromatic heterocycles. The number of hydrogen-bond donors (Lipinski definition) is 0. The minimum Gasteiger partial charge on any atom is -0.497 e. The molecular formula is C15H14Cl2O. The first-order chi connectivity index (χ1) is 8.61. The summed E-state index contributed by atoms with van der Waals surface area (Å²) in [7, 11) is 1.65. The summed E-state index contributed by atoms with van der Waals surface area (Å²) in [5, 5.41) is 0.587. The van der Waals surface area contributed by atoms with E-state index < -0.39 is 0 Å². The van der Waals surface area contributed by atoms with Gasteiger partial charge in [-0.1, -0.05) is 35.9 Å². The molecule has 2 aromatic carbocycles. The molecule has 0 heterocycles. The number of aryl methyl sites for hydroxylation is 1. The van der Waals surface area contributed by atoms with Crippen molar-refractivity contribution in [3.63, 3.8) is 0 Å². The molecule has 94 valence electrons. The first-order valence-corrected chi connectivity index (χ1v) is 6.47. The van der Waals surface area contributed by atoms with Crippen molar-refractivity contribution in [1.29, 1.82) is 0 Å². The molecule has 2 rings (SSSR count). The first kappa shape index (κ1) is 13.3. The quantitative estimate of drug-likeness (QED) is 0.720. The SMILES string of the molecule is COc1ccc(C(Cl)c2ccc(Cl)c(C)c2)cc1. The van der Waals surface area contributed by atoms with Crippen LogP contribution in [-0.4, -0.2) is 7.11 Å². The van der Waals surface area contributed by atoms with Crippen molar-refractivity contribution >= 4 is 23.2 Å². The second-order valence-electron chi connectivity index (χ2n) is 4.14. The second-order valence-corrected chi connectivity index (χ2v) is 4.99. The highest BCUT2D eigenvalue weighted by molar-refractivity contribution is 6.31. The van der Waals surface area contributed by atoms with Crippen LogP contribution in [0, 0.1) is 6.92 Å². The van der Waals surface area contributed by atoms with Crippen molar-refractivity contribution < 1.29 is 4.74 Å². The third-order valence-electron chi connectivity index (χ3n) is 2.88. The summed E-state index contributed by atoms with van der Waals surface area (Å²) in [6, 6.07) is 13.6. The zero-order valence-corrected chi connectivity index (χ0v) is 11.8. The largest absolute Gasteiger partial charge is 0.497 e. The van der Waals surface area contributed by atoms with Gasteiger partial charge in [0.25, 0.3) is 0 Å². The van der Waals surface area contributed by atoms with Crippen LogP contribution in [0.15, 0.2) is 42.5 Å². The van der Waals surface area contributed by atoms with Crippen molar-refractivity contribution in [3.8, 4) is 5.75 Å². The molecule has 0 aliphatic rings. The van der Waals surface area contributed by atoms with Gasteiger partial charge in [0.15, 0.2) is 0 Å². The van der Waals surface area contributed by atoms with Gasteiger partial charge in [-0.2, -0.15) is 0 Å². The molecule has 1 nitrogen and oxygen atoms in total. The third-order valence-corrected chi connectivity index (χ3v) is 3.81. The van der Waals surface area contributed by atoms with Gasteiger partial charge in [-0.25, -0.2) is 0 Å². The highest BCUT2D eigenvalue weighted by Gasteiger charge is 2.11. The predicted octanol–water partition coefficient (Wildman–Crippen LogP) is 4.99. The van der Waals surface area contributed by atoms with Gasteiger partial charge in [0, 0.05) is 5.02 Å². The standard InChI is InChI=1S/C15H14Cl2O/c1-10-9-12(5-8-14(10)16)15(17)11-3-6-13(18-2)7-4-11/h3-9,15H,1-2H3. The smallest absolute Gasteiger partial charge is 0.118 e. The van der Waals surface area contributed by atoms with Crippen LogP contribution in [0.2, 0.25) is 5.02 Å². The molecule has 2 aromatic rings. The fourth-order valence-corrected chi connectivity index (χ4v) is 2.19. The van der Waals surface area contributed by atoms with Gasteiger partial charge < -0.3 is 4.74 Å². The summed E-state index contributed by atoms with van der Waals surface area (Å²) in [4.78, 5) is 0. The van der Waals surface area contributed by atoms with Gasteiger partial charge in [0.2, 0.25) is 0 Å². The molecule has 0 radical (unpaired) electrons. The first-order valence-electron chi connectivity index (χ1n) is 5.66. The molecule has 0 bridgehead atoms. The Balaban J connectivity index is 2.28. The van der Waals surface area contributed by atoms with Crippen molar-refractivity contribution in [2.24, 2.45) is 0 Å². The van der Waals surface area contributed by atoms with Gasteiger partial charge in [-0.15, -0.1) is 11.6 Å². The molecule has 0 aliphatic heterocycles. The van der Waals surface area contributed by atoms with E-state index in [0.717, 1.165) is 27.5 Å². The topological polar surface area (TPSA) is 9.23 Å². The molecule has 0 aliphatic carbocycles. The molecule has 0 saturated carbocycles. The lowest BCUT2D eigenvalue weighted by molar-refractivity contribution is 0.414. The van der Waals surface area contributed by atoms with E-state index >= 15 is 0 Å². The molecule has 0 N–H and O–H groups in total. The lowest BCUT2D eigenvalue weighted by atomic mass is 10.0. The zero-order valence-electron chi connectivity index (χ0n) is 10.3. The Morgan fingerprint density at radius 1 is 1.00 bits per heavy atom. The van der Waals surface area contributed by atoms with Crippen LogP contribution in [0.1, 0.15) is 22.1 Å². The molecule has 0 spiro atoms. The van der Waals surface area contributed by atoms with Crippen LogP contribution < -0.4 is 4.74 Å². The molecule has 0 saturated heterocycles. The summed E-state index contributed by atoms with van der Waals surface area (Å²) < 4.78 is 5.13. The normalized spacial score (nSPS) is 12.2. The molecule has 0 amide bonds. The number of rotatable bonds is 3. The summed E-state index contributed by atoms with van der Waals surface area (Å²) >= 11 is 12.5. The Morgan fingerprint density at radius 2 is 1.61 bits per heavy atom. The van der Waals surface area contributed by atoms with Gasteiger partial charge in [-0.3, -0.25) is 0 Å². The zero-order chi connectivity index (χ0) is 13.1. The van der Waals surface area contributed by atoms with Crippen LogP contribution >= 0.6 is 23.2 Å². The predicted molar refractivity (Wildman–Crippen MR) is 76.9 cm³/mol. The maximum atomic E-state index is 6.47. The summed E-state index contributed by atoms with van der Waals surface area (Å²) in [5.41, 5.74) is 3.12. The summed E-state index contributed by atoms with van der Waals surface area (Å²) in [5.74, 6) is 0.829. The van der Waals surface area contributed by atoms with E-state index in [-0.39, 0.29) is 5.38 Å². The molecule has 0 fully saturated rings. The lowest BCUT2D eigenvalue weighted by Crippen LogP contribution is -1.94. The highest BCUT2D eigenvalue weighted by Crippen LogP contribution is 2.31. The van der Waals surface area contributed by atoms with E-state index in [4.69, 9.17) is 27.9 Å². The summed E-state index contributed by atoms with van der Waals surface area (Å²) in [6.45, 7) is 1.98. The minimum absolute atomic E-state index is 0.174. The number of benzene rings is 2. The average molecular weight is 281 g/mol. The van der Waals surface area contributed by atoms with E-state index in [0.29, 0.717) is 0 Å². The van der Waals surface area contributed by atoms with Gasteiger partial charge in [0.1, 0.15) is 5.75 Å². The molecule has 1 atom stereocenters. The Bertz CT molecular complexity index is 535. The fourth-order valence-electron chi connectivity index (χ4n) is 1.79. The van der Waals surface area contributed by atoms with Crippen LogP contribution in [0.5, 0.6) is 5.75 Å². The Labute approximate surface area is 117 Å². The van der Waals surface area contributed by atoms with Crippen LogP contribution in [0.4, 0.5) is 0 Å². The molecule has 18 heavy (non-hydrogen) atoms. The van der Waals surface area contributed by atoms with Crippen molar-refractivity contribution in [2.75, 3.05) is 7.11 Å². The third kappa shape index (κ3) is 2.80. The Hall–Kier alpha value is -1.18. The Kier molecular flexibility index (Phi) is 4.15. The number of halogens is 2. The van der Waals surface area contributed by atoms with Crippen molar-refractivity contribution in [1.82, 2.24) is 0 Å². The van der Waals surface area contributed by atoms with E-state index in [9.17, 15) is 0 Å². The number of hydrogen-bond acceptors (Lipinski definition) is 1. The van der Waals surface area contributed by atoms with E-state index in [1.165, 1.54) is 0 Å². The average Bonchev–Trinajstić information content (AvgIpc) is 2.41. The minimum atomic E-state index is -0.174. The van der Waals surface area contributed by atoms with E-state index in [1.807, 2.05) is 49.4 Å². The number of ether oxygens (including phenoxy) is 1. The van der Waals surface area contributed by atoms with Gasteiger partial charge in [-0.05, 0) is 41.8 Å². The van der Waals surface area contributed by atoms with Crippen LogP contribution in [0.3, 0.4) is 0 Å². The molecular weight excluding hydrogens is 267 g/mol. The maximum Gasteiger partial charge on any atom is 0.118 e. The van der Waals surface area contributed by atoms with Gasteiger partial charge >= 0.3 is 0 Å². The molecule has 3 heteroatoms. The second kappa shape index (κ2) is 5.64. The summed E-state index contributed by atoms with van der Waals surface area (Å²) in [6.07, 6.45) is 0.